The summed E-state index contributed by atoms with van der Waals surface area (Å²) in [7, 11) is 0. The Hall–Kier alpha value is -4.04. The van der Waals surface area contributed by atoms with E-state index in [2.05, 4.69) is 28.0 Å². The molecule has 0 radical (unpaired) electrons. The molecule has 0 aliphatic rings. The highest BCUT2D eigenvalue weighted by Crippen LogP contribution is 2.38. The van der Waals surface area contributed by atoms with E-state index in [4.69, 9.17) is 4.74 Å². The van der Waals surface area contributed by atoms with E-state index < -0.39 is 41.7 Å². The van der Waals surface area contributed by atoms with Crippen LogP contribution in [-0.2, 0) is 18.9 Å². The van der Waals surface area contributed by atoms with Crippen molar-refractivity contribution >= 4 is 35.3 Å². The summed E-state index contributed by atoms with van der Waals surface area (Å²) in [6.45, 7) is -0.470. The second kappa shape index (κ2) is 12.2. The molecular formula is C27H22F6N4O3S. The molecule has 0 atom stereocenters. The molecule has 0 unspecified atom stereocenters. The molecule has 4 aromatic rings. The molecule has 0 fully saturated rings. The molecule has 0 amide bonds. The molecule has 0 aliphatic carbocycles. The summed E-state index contributed by atoms with van der Waals surface area (Å²) in [5.41, 5.74) is 0.568. The SMILES string of the molecule is O=C(O)c1nc2ccccc2nc1OCCCN(Cc1ccc(C(F)(F)F)cc1C(F)(F)F)Nc1ccccc1S. The van der Waals surface area contributed by atoms with Crippen LogP contribution in [0, 0.1) is 0 Å². The number of para-hydroxylation sites is 3. The van der Waals surface area contributed by atoms with Crippen LogP contribution in [0.15, 0.2) is 71.6 Å². The summed E-state index contributed by atoms with van der Waals surface area (Å²) < 4.78 is 86.3. The Morgan fingerprint density at radius 3 is 2.22 bits per heavy atom. The Morgan fingerprint density at radius 1 is 0.927 bits per heavy atom. The molecule has 216 valence electrons. The number of fused-ring (bicyclic) bond motifs is 1. The Morgan fingerprint density at radius 2 is 1.59 bits per heavy atom. The number of hydrazine groups is 1. The van der Waals surface area contributed by atoms with Gasteiger partial charge in [-0.15, -0.1) is 12.6 Å². The molecule has 14 heteroatoms. The fraction of sp³-hybridized carbons (Fsp3) is 0.222. The zero-order valence-corrected chi connectivity index (χ0v) is 21.9. The van der Waals surface area contributed by atoms with Crippen LogP contribution in [0.2, 0.25) is 0 Å². The first-order valence-electron chi connectivity index (χ1n) is 12.0. The average Bonchev–Trinajstić information content (AvgIpc) is 2.90. The number of carboxylic acid groups (broad SMARTS) is 1. The van der Waals surface area contributed by atoms with Crippen molar-refractivity contribution in [2.45, 2.75) is 30.2 Å². The third-order valence-electron chi connectivity index (χ3n) is 5.84. The number of carbonyl (C=O) groups is 1. The Kier molecular flexibility index (Phi) is 8.92. The number of anilines is 1. The molecule has 0 saturated heterocycles. The lowest BCUT2D eigenvalue weighted by molar-refractivity contribution is -0.143. The van der Waals surface area contributed by atoms with E-state index in [9.17, 15) is 36.2 Å². The van der Waals surface area contributed by atoms with Gasteiger partial charge in [-0.3, -0.25) is 0 Å². The highest BCUT2D eigenvalue weighted by Gasteiger charge is 2.38. The van der Waals surface area contributed by atoms with Gasteiger partial charge in [0.15, 0.2) is 0 Å². The van der Waals surface area contributed by atoms with E-state index in [1.807, 2.05) is 0 Å². The second-order valence-corrected chi connectivity index (χ2v) is 9.27. The lowest BCUT2D eigenvalue weighted by Gasteiger charge is -2.27. The maximum atomic E-state index is 13.8. The molecule has 0 aliphatic heterocycles. The number of rotatable bonds is 10. The van der Waals surface area contributed by atoms with E-state index in [-0.39, 0.29) is 37.1 Å². The first-order valence-corrected chi connectivity index (χ1v) is 12.5. The Labute approximate surface area is 235 Å². The lowest BCUT2D eigenvalue weighted by atomic mass is 10.0. The van der Waals surface area contributed by atoms with Gasteiger partial charge in [0.05, 0.1) is 34.5 Å². The largest absolute Gasteiger partial charge is 0.476 e. The maximum Gasteiger partial charge on any atom is 0.416 e. The number of aromatic carboxylic acids is 1. The molecule has 0 saturated carbocycles. The molecule has 4 rings (SSSR count). The highest BCUT2D eigenvalue weighted by atomic mass is 32.1. The van der Waals surface area contributed by atoms with Crippen molar-refractivity contribution < 1.29 is 41.0 Å². The summed E-state index contributed by atoms with van der Waals surface area (Å²) in [5, 5.41) is 10.9. The first-order chi connectivity index (χ1) is 19.3. The Balaban J connectivity index is 1.55. The number of alkyl halides is 6. The van der Waals surface area contributed by atoms with Gasteiger partial charge in [-0.1, -0.05) is 30.3 Å². The van der Waals surface area contributed by atoms with Gasteiger partial charge in [0, 0.05) is 18.0 Å². The van der Waals surface area contributed by atoms with E-state index in [1.54, 1.807) is 48.5 Å². The van der Waals surface area contributed by atoms with Gasteiger partial charge in [-0.25, -0.2) is 19.8 Å². The van der Waals surface area contributed by atoms with Crippen molar-refractivity contribution in [2.24, 2.45) is 0 Å². The Bertz CT molecular complexity index is 1550. The van der Waals surface area contributed by atoms with Crippen molar-refractivity contribution in [3.05, 3.63) is 89.1 Å². The van der Waals surface area contributed by atoms with Crippen molar-refractivity contribution in [2.75, 3.05) is 18.6 Å². The van der Waals surface area contributed by atoms with Gasteiger partial charge >= 0.3 is 18.3 Å². The van der Waals surface area contributed by atoms with Crippen LogP contribution in [0.25, 0.3) is 11.0 Å². The van der Waals surface area contributed by atoms with E-state index in [0.717, 1.165) is 6.07 Å². The van der Waals surface area contributed by atoms with Gasteiger partial charge in [-0.2, -0.15) is 26.3 Å². The van der Waals surface area contributed by atoms with Crippen LogP contribution in [0.1, 0.15) is 33.6 Å². The summed E-state index contributed by atoms with van der Waals surface area (Å²) in [6.07, 6.45) is -9.81. The zero-order valence-electron chi connectivity index (χ0n) is 21.0. The van der Waals surface area contributed by atoms with Crippen LogP contribution in [0.3, 0.4) is 0 Å². The van der Waals surface area contributed by atoms with Crippen LogP contribution >= 0.6 is 12.6 Å². The van der Waals surface area contributed by atoms with E-state index in [1.165, 1.54) is 5.01 Å². The average molecular weight is 597 g/mol. The number of benzene rings is 3. The van der Waals surface area contributed by atoms with Crippen LogP contribution in [-0.4, -0.2) is 39.2 Å². The number of ether oxygens (including phenoxy) is 1. The van der Waals surface area contributed by atoms with Gasteiger partial charge in [0.1, 0.15) is 0 Å². The van der Waals surface area contributed by atoms with Crippen molar-refractivity contribution in [1.29, 1.82) is 0 Å². The first kappa shape index (κ1) is 29.9. The second-order valence-electron chi connectivity index (χ2n) is 8.79. The van der Waals surface area contributed by atoms with Crippen LogP contribution < -0.4 is 10.2 Å². The van der Waals surface area contributed by atoms with E-state index >= 15 is 0 Å². The van der Waals surface area contributed by atoms with Gasteiger partial charge in [-0.05, 0) is 48.4 Å². The van der Waals surface area contributed by atoms with Gasteiger partial charge in [0.25, 0.3) is 0 Å². The maximum absolute atomic E-state index is 13.8. The molecule has 41 heavy (non-hydrogen) atoms. The normalized spacial score (nSPS) is 12.1. The topological polar surface area (TPSA) is 87.6 Å². The van der Waals surface area contributed by atoms with Crippen LogP contribution in [0.4, 0.5) is 32.0 Å². The summed E-state index contributed by atoms with van der Waals surface area (Å²) in [5.74, 6) is -1.58. The van der Waals surface area contributed by atoms with Crippen molar-refractivity contribution in [3.63, 3.8) is 0 Å². The quantitative estimate of drug-likeness (QED) is 0.0790. The number of thiol groups is 1. The number of aromatic nitrogens is 2. The standard InChI is InChI=1S/C27H22F6N4O3S/c28-26(29,30)17-11-10-16(18(14-17)27(31,32)33)15-37(36-21-8-3-4-9-22(21)41)12-5-13-40-24-23(25(38)39)34-19-6-1-2-7-20(19)35-24/h1-4,6-11,14,36,41H,5,12-13,15H2,(H,38,39). The minimum atomic E-state index is -5.03. The fourth-order valence-electron chi connectivity index (χ4n) is 3.92. The predicted molar refractivity (Wildman–Crippen MR) is 141 cm³/mol. The smallest absolute Gasteiger partial charge is 0.416 e. The fourth-order valence-corrected chi connectivity index (χ4v) is 4.13. The molecule has 7 nitrogen and oxygen atoms in total. The monoisotopic (exact) mass is 596 g/mol. The molecule has 3 aromatic carbocycles. The highest BCUT2D eigenvalue weighted by molar-refractivity contribution is 7.80. The molecule has 0 spiro atoms. The number of hydrogen-bond donors (Lipinski definition) is 3. The zero-order chi connectivity index (χ0) is 29.8. The third-order valence-corrected chi connectivity index (χ3v) is 6.23. The number of nitrogens with zero attached hydrogens (tertiary/aromatic N) is 3. The summed E-state index contributed by atoms with van der Waals surface area (Å²) >= 11 is 4.34. The molecule has 1 heterocycles. The summed E-state index contributed by atoms with van der Waals surface area (Å²) in [6, 6.07) is 14.7. The van der Waals surface area contributed by atoms with Crippen LogP contribution in [0.5, 0.6) is 5.88 Å². The lowest BCUT2D eigenvalue weighted by Crippen LogP contribution is -2.32. The number of carboxylic acids is 1. The number of hydrogen-bond acceptors (Lipinski definition) is 7. The third kappa shape index (κ3) is 7.58. The molecular weight excluding hydrogens is 574 g/mol. The van der Waals surface area contributed by atoms with Crippen molar-refractivity contribution in [3.8, 4) is 5.88 Å². The minimum absolute atomic E-state index is 0.0455. The number of halogens is 6. The van der Waals surface area contributed by atoms with Gasteiger partial charge < -0.3 is 15.3 Å². The molecule has 1 aromatic heterocycles. The minimum Gasteiger partial charge on any atom is -0.476 e. The predicted octanol–water partition coefficient (Wildman–Crippen LogP) is 6.95. The molecule has 0 bridgehead atoms. The van der Waals surface area contributed by atoms with E-state index in [0.29, 0.717) is 27.7 Å². The van der Waals surface area contributed by atoms with Crippen molar-refractivity contribution in [1.82, 2.24) is 15.0 Å². The summed E-state index contributed by atoms with van der Waals surface area (Å²) in [4.78, 5) is 20.4. The molecule has 2 N–H and O–H groups in total. The number of nitrogens with one attached hydrogen (secondary N) is 1. The van der Waals surface area contributed by atoms with Gasteiger partial charge in [0.2, 0.25) is 11.6 Å².